The number of hydrogen-bond acceptors (Lipinski definition) is 4. The first-order valence-electron chi connectivity index (χ1n) is 6.76. The zero-order valence-electron chi connectivity index (χ0n) is 11.6. The molecule has 1 aromatic rings. The van der Waals surface area contributed by atoms with E-state index in [1.54, 1.807) is 0 Å². The monoisotopic (exact) mass is 268 g/mol. The van der Waals surface area contributed by atoms with Crippen LogP contribution in [0.5, 0.6) is 0 Å². The minimum atomic E-state index is 0.156. The van der Waals surface area contributed by atoms with Crippen LogP contribution >= 0.6 is 11.3 Å². The van der Waals surface area contributed by atoms with E-state index in [9.17, 15) is 0 Å². The third kappa shape index (κ3) is 2.62. The van der Waals surface area contributed by atoms with Crippen molar-refractivity contribution < 1.29 is 4.74 Å². The van der Waals surface area contributed by atoms with E-state index in [2.05, 4.69) is 48.6 Å². The zero-order chi connectivity index (χ0) is 13.0. The van der Waals surface area contributed by atoms with Gasteiger partial charge in [-0.3, -0.25) is 4.90 Å². The quantitative estimate of drug-likeness (QED) is 0.888. The third-order valence-electron chi connectivity index (χ3n) is 4.19. The standard InChI is InChI=1S/C14H24N2OS/c1-4-14(2,16-7-9-17-10-8-16)13(15-3)12-6-5-11-18-12/h5-6,11,13,15H,4,7-10H2,1-3H3. The second-order valence-corrected chi connectivity index (χ2v) is 6.03. The highest BCUT2D eigenvalue weighted by molar-refractivity contribution is 7.10. The first-order chi connectivity index (χ1) is 8.72. The zero-order valence-corrected chi connectivity index (χ0v) is 12.4. The Hall–Kier alpha value is -0.420. The lowest BCUT2D eigenvalue weighted by Crippen LogP contribution is -2.57. The largest absolute Gasteiger partial charge is 0.379 e. The Morgan fingerprint density at radius 2 is 2.22 bits per heavy atom. The minimum absolute atomic E-state index is 0.156. The molecule has 1 aromatic heterocycles. The van der Waals surface area contributed by atoms with E-state index >= 15 is 0 Å². The summed E-state index contributed by atoms with van der Waals surface area (Å²) in [5.41, 5.74) is 0.156. The second-order valence-electron chi connectivity index (χ2n) is 5.05. The number of nitrogens with one attached hydrogen (secondary N) is 1. The molecular weight excluding hydrogens is 244 g/mol. The normalized spacial score (nSPS) is 22.6. The van der Waals surface area contributed by atoms with Crippen molar-refractivity contribution in [2.75, 3.05) is 33.4 Å². The lowest BCUT2D eigenvalue weighted by molar-refractivity contribution is -0.0314. The minimum Gasteiger partial charge on any atom is -0.379 e. The highest BCUT2D eigenvalue weighted by atomic mass is 32.1. The van der Waals surface area contributed by atoms with E-state index in [4.69, 9.17) is 4.74 Å². The average molecular weight is 268 g/mol. The molecule has 0 aromatic carbocycles. The molecule has 1 N–H and O–H groups in total. The van der Waals surface area contributed by atoms with Gasteiger partial charge in [0.15, 0.2) is 0 Å². The predicted octanol–water partition coefficient (Wildman–Crippen LogP) is 2.51. The molecule has 0 spiro atoms. The molecule has 1 saturated heterocycles. The van der Waals surface area contributed by atoms with Crippen LogP contribution < -0.4 is 5.32 Å². The molecular formula is C14H24N2OS. The van der Waals surface area contributed by atoms with Crippen LogP contribution in [0.25, 0.3) is 0 Å². The number of ether oxygens (including phenoxy) is 1. The molecule has 1 aliphatic heterocycles. The second kappa shape index (κ2) is 6.15. The van der Waals surface area contributed by atoms with Gasteiger partial charge >= 0.3 is 0 Å². The molecule has 1 aliphatic rings. The van der Waals surface area contributed by atoms with Crippen molar-refractivity contribution in [2.45, 2.75) is 31.8 Å². The lowest BCUT2D eigenvalue weighted by atomic mass is 9.86. The molecule has 0 aliphatic carbocycles. The van der Waals surface area contributed by atoms with Crippen molar-refractivity contribution in [2.24, 2.45) is 0 Å². The average Bonchev–Trinajstić information content (AvgIpc) is 2.94. The third-order valence-corrected chi connectivity index (χ3v) is 5.12. The molecule has 3 nitrogen and oxygen atoms in total. The van der Waals surface area contributed by atoms with Gasteiger partial charge in [0.1, 0.15) is 0 Å². The van der Waals surface area contributed by atoms with Crippen molar-refractivity contribution in [3.8, 4) is 0 Å². The molecule has 0 saturated carbocycles. The van der Waals surface area contributed by atoms with Crippen LogP contribution in [0.2, 0.25) is 0 Å². The van der Waals surface area contributed by atoms with Gasteiger partial charge in [0.05, 0.1) is 19.3 Å². The number of rotatable bonds is 5. The predicted molar refractivity (Wildman–Crippen MR) is 77.2 cm³/mol. The van der Waals surface area contributed by atoms with Crippen LogP contribution in [0.4, 0.5) is 0 Å². The van der Waals surface area contributed by atoms with Crippen molar-refractivity contribution in [3.05, 3.63) is 22.4 Å². The Bertz CT molecular complexity index is 349. The molecule has 2 rings (SSSR count). The first kappa shape index (κ1) is 14.0. The Labute approximate surface area is 114 Å². The van der Waals surface area contributed by atoms with Crippen LogP contribution in [-0.4, -0.2) is 43.8 Å². The van der Waals surface area contributed by atoms with Crippen molar-refractivity contribution in [3.63, 3.8) is 0 Å². The molecule has 0 amide bonds. The van der Waals surface area contributed by atoms with Gasteiger partial charge in [-0.25, -0.2) is 0 Å². The van der Waals surface area contributed by atoms with Gasteiger partial charge in [-0.2, -0.15) is 0 Å². The van der Waals surface area contributed by atoms with Crippen LogP contribution in [-0.2, 0) is 4.74 Å². The molecule has 4 heteroatoms. The number of thiophene rings is 1. The van der Waals surface area contributed by atoms with Crippen LogP contribution in [0.15, 0.2) is 17.5 Å². The summed E-state index contributed by atoms with van der Waals surface area (Å²) in [6, 6.07) is 4.76. The van der Waals surface area contributed by atoms with Gasteiger partial charge in [-0.1, -0.05) is 13.0 Å². The highest BCUT2D eigenvalue weighted by Gasteiger charge is 2.39. The maximum atomic E-state index is 5.48. The van der Waals surface area contributed by atoms with Gasteiger partial charge in [-0.05, 0) is 31.8 Å². The van der Waals surface area contributed by atoms with E-state index < -0.39 is 0 Å². The molecule has 18 heavy (non-hydrogen) atoms. The maximum Gasteiger partial charge on any atom is 0.0596 e. The van der Waals surface area contributed by atoms with Gasteiger partial charge in [0.25, 0.3) is 0 Å². The summed E-state index contributed by atoms with van der Waals surface area (Å²) in [5.74, 6) is 0. The lowest BCUT2D eigenvalue weighted by Gasteiger charge is -2.47. The molecule has 102 valence electrons. The first-order valence-corrected chi connectivity index (χ1v) is 7.63. The van der Waals surface area contributed by atoms with Gasteiger partial charge in [0.2, 0.25) is 0 Å². The van der Waals surface area contributed by atoms with Crippen LogP contribution in [0.3, 0.4) is 0 Å². The van der Waals surface area contributed by atoms with E-state index in [0.717, 1.165) is 32.7 Å². The number of morpholine rings is 1. The topological polar surface area (TPSA) is 24.5 Å². The van der Waals surface area contributed by atoms with Crippen molar-refractivity contribution in [1.29, 1.82) is 0 Å². The Balaban J connectivity index is 2.23. The molecule has 0 radical (unpaired) electrons. The summed E-state index contributed by atoms with van der Waals surface area (Å²) in [7, 11) is 2.07. The van der Waals surface area contributed by atoms with Crippen LogP contribution in [0.1, 0.15) is 31.2 Å². The fraction of sp³-hybridized carbons (Fsp3) is 0.714. The summed E-state index contributed by atoms with van der Waals surface area (Å²) in [6.07, 6.45) is 1.14. The number of nitrogens with zero attached hydrogens (tertiary/aromatic N) is 1. The summed E-state index contributed by atoms with van der Waals surface area (Å²) < 4.78 is 5.48. The van der Waals surface area contributed by atoms with E-state index in [-0.39, 0.29) is 5.54 Å². The Morgan fingerprint density at radius 1 is 1.50 bits per heavy atom. The SMILES string of the molecule is CCC(C)(C(NC)c1cccs1)N1CCOCC1. The molecule has 2 atom stereocenters. The molecule has 0 bridgehead atoms. The summed E-state index contributed by atoms with van der Waals surface area (Å²) in [4.78, 5) is 4.01. The van der Waals surface area contributed by atoms with E-state index in [0.29, 0.717) is 6.04 Å². The molecule has 1 fully saturated rings. The summed E-state index contributed by atoms with van der Waals surface area (Å²) >= 11 is 1.84. The Kier molecular flexibility index (Phi) is 4.78. The van der Waals surface area contributed by atoms with Crippen LogP contribution in [0, 0.1) is 0 Å². The molecule has 2 unspecified atom stereocenters. The van der Waals surface area contributed by atoms with Gasteiger partial charge in [-0.15, -0.1) is 11.3 Å². The fourth-order valence-corrected chi connectivity index (χ4v) is 3.88. The Morgan fingerprint density at radius 3 is 2.72 bits per heavy atom. The van der Waals surface area contributed by atoms with Crippen molar-refractivity contribution in [1.82, 2.24) is 10.2 Å². The summed E-state index contributed by atoms with van der Waals surface area (Å²) in [6.45, 7) is 8.45. The fourth-order valence-electron chi connectivity index (χ4n) is 2.90. The molecule has 2 heterocycles. The van der Waals surface area contributed by atoms with E-state index in [1.807, 2.05) is 11.3 Å². The van der Waals surface area contributed by atoms with Gasteiger partial charge in [0, 0.05) is 23.5 Å². The summed E-state index contributed by atoms with van der Waals surface area (Å²) in [5, 5.41) is 5.68. The number of hydrogen-bond donors (Lipinski definition) is 1. The van der Waals surface area contributed by atoms with Gasteiger partial charge < -0.3 is 10.1 Å². The maximum absolute atomic E-state index is 5.48. The van der Waals surface area contributed by atoms with Crippen molar-refractivity contribution >= 4 is 11.3 Å². The smallest absolute Gasteiger partial charge is 0.0596 e. The highest BCUT2D eigenvalue weighted by Crippen LogP contribution is 2.36. The van der Waals surface area contributed by atoms with E-state index in [1.165, 1.54) is 4.88 Å². The number of likely N-dealkylation sites (N-methyl/N-ethyl adjacent to an activating group) is 1.